The molecule has 0 bridgehead atoms. The van der Waals surface area contributed by atoms with Crippen LogP contribution in [0.5, 0.6) is 5.75 Å². The first-order valence-electron chi connectivity index (χ1n) is 8.58. The molecule has 0 aliphatic carbocycles. The molecule has 3 aromatic rings. The van der Waals surface area contributed by atoms with Crippen LogP contribution in [0.4, 0.5) is 8.78 Å². The monoisotopic (exact) mass is 498 g/mol. The highest BCUT2D eigenvalue weighted by Crippen LogP contribution is 2.24. The van der Waals surface area contributed by atoms with E-state index in [0.717, 1.165) is 12.1 Å². The molecule has 0 aliphatic heterocycles. The van der Waals surface area contributed by atoms with Gasteiger partial charge in [-0.25, -0.2) is 18.7 Å². The fourth-order valence-electron chi connectivity index (χ4n) is 2.68. The lowest BCUT2D eigenvalue weighted by Crippen LogP contribution is -2.25. The van der Waals surface area contributed by atoms with Crippen molar-refractivity contribution in [1.29, 1.82) is 0 Å². The highest BCUT2D eigenvalue weighted by atomic mass is 79.9. The number of nitrogens with zero attached hydrogens (tertiary/aromatic N) is 3. The zero-order valence-electron chi connectivity index (χ0n) is 15.6. The fourth-order valence-corrected chi connectivity index (χ4v) is 3.47. The Labute approximate surface area is 181 Å². The third-order valence-electron chi connectivity index (χ3n) is 4.14. The molecule has 0 aliphatic rings. The summed E-state index contributed by atoms with van der Waals surface area (Å²) in [4.78, 5) is 20.8. The lowest BCUT2D eigenvalue weighted by Gasteiger charge is -2.15. The molecule has 0 fully saturated rings. The Morgan fingerprint density at radius 2 is 2.03 bits per heavy atom. The summed E-state index contributed by atoms with van der Waals surface area (Å²) in [6.45, 7) is 1.60. The number of aromatic nitrogens is 3. The van der Waals surface area contributed by atoms with Crippen molar-refractivity contribution in [2.24, 2.45) is 0 Å². The van der Waals surface area contributed by atoms with E-state index in [2.05, 4.69) is 25.9 Å². The van der Waals surface area contributed by atoms with Gasteiger partial charge in [-0.05, 0) is 52.1 Å². The van der Waals surface area contributed by atoms with Gasteiger partial charge in [-0.3, -0.25) is 9.00 Å². The van der Waals surface area contributed by atoms with Crippen LogP contribution in [0.15, 0.2) is 45.8 Å². The zero-order chi connectivity index (χ0) is 21.8. The Bertz CT molecular complexity index is 1170. The van der Waals surface area contributed by atoms with Gasteiger partial charge in [-0.1, -0.05) is 0 Å². The molecule has 7 nitrogen and oxygen atoms in total. The molecule has 2 aromatic heterocycles. The maximum Gasteiger partial charge on any atom is 0.269 e. The molecule has 30 heavy (non-hydrogen) atoms. The second-order valence-corrected chi connectivity index (χ2v) is 7.98. The van der Waals surface area contributed by atoms with Gasteiger partial charge < -0.3 is 13.9 Å². The number of hydrogen-bond acceptors (Lipinski definition) is 6. The molecular weight excluding hydrogens is 484 g/mol. The first kappa shape index (κ1) is 22.2. The molecule has 0 amide bonds. The van der Waals surface area contributed by atoms with Crippen LogP contribution < -0.4 is 10.3 Å². The third kappa shape index (κ3) is 5.35. The Balaban J connectivity index is 1.82. The Morgan fingerprint density at radius 3 is 2.73 bits per heavy atom. The van der Waals surface area contributed by atoms with Crippen LogP contribution in [0.25, 0.3) is 0 Å². The van der Waals surface area contributed by atoms with Gasteiger partial charge in [0.15, 0.2) is 0 Å². The minimum atomic E-state index is -2.32. The highest BCUT2D eigenvalue weighted by Gasteiger charge is 2.14. The molecule has 0 spiro atoms. The third-order valence-corrected chi connectivity index (χ3v) is 5.37. The zero-order valence-corrected chi connectivity index (χ0v) is 18.0. The number of rotatable bonds is 7. The maximum atomic E-state index is 13.8. The molecule has 3 rings (SSSR count). The molecule has 0 radical (unpaired) electrons. The lowest BCUT2D eigenvalue weighted by molar-refractivity contribution is 0.295. The molecule has 1 aromatic carbocycles. The predicted molar refractivity (Wildman–Crippen MR) is 108 cm³/mol. The summed E-state index contributed by atoms with van der Waals surface area (Å²) in [6, 6.07) is 6.34. The number of halogens is 3. The summed E-state index contributed by atoms with van der Waals surface area (Å²) in [7, 11) is 0. The summed E-state index contributed by atoms with van der Waals surface area (Å²) in [5.74, 6) is -1.41. The number of ether oxygens (including phenoxy) is 1. The van der Waals surface area contributed by atoms with Gasteiger partial charge in [0, 0.05) is 29.6 Å². The second kappa shape index (κ2) is 9.54. The van der Waals surface area contributed by atoms with Crippen LogP contribution in [-0.4, -0.2) is 23.3 Å². The van der Waals surface area contributed by atoms with Crippen LogP contribution >= 0.6 is 15.9 Å². The number of pyridine rings is 1. The molecule has 158 valence electrons. The van der Waals surface area contributed by atoms with Crippen LogP contribution in [-0.2, 0) is 30.0 Å². The maximum absolute atomic E-state index is 13.8. The van der Waals surface area contributed by atoms with E-state index < -0.39 is 28.3 Å². The lowest BCUT2D eigenvalue weighted by atomic mass is 10.2. The van der Waals surface area contributed by atoms with Crippen molar-refractivity contribution in [3.63, 3.8) is 0 Å². The van der Waals surface area contributed by atoms with Gasteiger partial charge in [0.25, 0.3) is 5.56 Å². The average molecular weight is 499 g/mol. The molecular formula is C19H15BrF2N3O4S-. The van der Waals surface area contributed by atoms with E-state index in [1.54, 1.807) is 19.1 Å². The van der Waals surface area contributed by atoms with Crippen LogP contribution in [0.2, 0.25) is 0 Å². The smallest absolute Gasteiger partial charge is 0.269 e. The number of aryl methyl sites for hydroxylation is 1. The molecule has 1 atom stereocenters. The molecule has 2 heterocycles. The van der Waals surface area contributed by atoms with Gasteiger partial charge >= 0.3 is 0 Å². The van der Waals surface area contributed by atoms with E-state index in [-0.39, 0.29) is 40.5 Å². The highest BCUT2D eigenvalue weighted by molar-refractivity contribution is 9.10. The van der Waals surface area contributed by atoms with E-state index in [1.807, 2.05) is 0 Å². The number of hydrogen-bond donors (Lipinski definition) is 0. The summed E-state index contributed by atoms with van der Waals surface area (Å²) < 4.78 is 55.6. The summed E-state index contributed by atoms with van der Waals surface area (Å²) in [5.41, 5.74) is 0.751. The first-order chi connectivity index (χ1) is 14.2. The van der Waals surface area contributed by atoms with Gasteiger partial charge in [-0.15, -0.1) is 0 Å². The minimum Gasteiger partial charge on any atom is -0.772 e. The van der Waals surface area contributed by atoms with Gasteiger partial charge in [-0.2, -0.15) is 0 Å². The molecule has 1 unspecified atom stereocenters. The predicted octanol–water partition coefficient (Wildman–Crippen LogP) is 2.99. The van der Waals surface area contributed by atoms with Gasteiger partial charge in [0.1, 0.15) is 34.3 Å². The van der Waals surface area contributed by atoms with E-state index in [0.29, 0.717) is 11.4 Å². The van der Waals surface area contributed by atoms with Crippen molar-refractivity contribution < 1.29 is 22.3 Å². The van der Waals surface area contributed by atoms with E-state index in [1.165, 1.54) is 16.8 Å². The molecule has 0 saturated heterocycles. The summed E-state index contributed by atoms with van der Waals surface area (Å²) in [5, 5.41) is 0. The molecule has 0 saturated carbocycles. The standard InChI is InChI=1S/C19H16BrF2N3O4S/c1-11-6-16(29-9-12-2-3-13(21)7-15(12)22)18(20)19(26)25(11)8-14-4-5-23-17(24-14)10-30(27)28/h2-7H,8-10H2,1H3,(H,27,28)/p-1. The van der Waals surface area contributed by atoms with Crippen LogP contribution in [0, 0.1) is 18.6 Å². The minimum absolute atomic E-state index is 0.0944. The number of benzene rings is 1. The Morgan fingerprint density at radius 1 is 1.27 bits per heavy atom. The Hall–Kier alpha value is -2.50. The Kier molecular flexibility index (Phi) is 7.06. The first-order valence-corrected chi connectivity index (χ1v) is 10.6. The quantitative estimate of drug-likeness (QED) is 0.464. The van der Waals surface area contributed by atoms with Crippen molar-refractivity contribution in [2.75, 3.05) is 0 Å². The van der Waals surface area contributed by atoms with Crippen molar-refractivity contribution in [2.45, 2.75) is 25.8 Å². The topological polar surface area (TPSA) is 97.1 Å². The normalized spacial score (nSPS) is 12.0. The fraction of sp³-hybridized carbons (Fsp3) is 0.211. The largest absolute Gasteiger partial charge is 0.772 e. The van der Waals surface area contributed by atoms with Gasteiger partial charge in [0.05, 0.1) is 18.0 Å². The molecule has 11 heteroatoms. The van der Waals surface area contributed by atoms with Crippen molar-refractivity contribution in [3.05, 3.63) is 85.8 Å². The summed E-state index contributed by atoms with van der Waals surface area (Å²) in [6.07, 6.45) is 1.43. The van der Waals surface area contributed by atoms with E-state index in [9.17, 15) is 22.3 Å². The van der Waals surface area contributed by atoms with Crippen LogP contribution in [0.3, 0.4) is 0 Å². The van der Waals surface area contributed by atoms with Gasteiger partial charge in [0.2, 0.25) is 0 Å². The van der Waals surface area contributed by atoms with Crippen molar-refractivity contribution >= 4 is 27.0 Å². The molecule has 0 N–H and O–H groups in total. The SMILES string of the molecule is Cc1cc(OCc2ccc(F)cc2F)c(Br)c(=O)n1Cc1ccnc(CS(=O)[O-])n1. The van der Waals surface area contributed by atoms with Crippen LogP contribution in [0.1, 0.15) is 22.8 Å². The van der Waals surface area contributed by atoms with E-state index >= 15 is 0 Å². The average Bonchev–Trinajstić information content (AvgIpc) is 2.68. The summed E-state index contributed by atoms with van der Waals surface area (Å²) >= 11 is 0.880. The van der Waals surface area contributed by atoms with Crippen molar-refractivity contribution in [3.8, 4) is 5.75 Å². The second-order valence-electron chi connectivity index (χ2n) is 6.29. The van der Waals surface area contributed by atoms with Crippen molar-refractivity contribution in [1.82, 2.24) is 14.5 Å². The van der Waals surface area contributed by atoms with E-state index in [4.69, 9.17) is 4.74 Å².